The maximum Gasteiger partial charge on any atom is 0.246 e. The van der Waals surface area contributed by atoms with E-state index in [2.05, 4.69) is 0 Å². The van der Waals surface area contributed by atoms with Gasteiger partial charge in [-0.3, -0.25) is 4.79 Å². The first-order valence-electron chi connectivity index (χ1n) is 8.99. The monoisotopic (exact) mass is 347 g/mol. The number of nitrogens with zero attached hydrogens (tertiary/aromatic N) is 1. The van der Waals surface area contributed by atoms with E-state index in [0.29, 0.717) is 13.2 Å². The molecule has 2 saturated heterocycles. The molecule has 1 amide bonds. The zero-order chi connectivity index (χ0) is 16.4. The van der Waals surface area contributed by atoms with E-state index < -0.39 is 0 Å². The molecule has 5 heteroatoms. The van der Waals surface area contributed by atoms with Gasteiger partial charge in [0.2, 0.25) is 5.91 Å². The normalized spacial score (nSPS) is 30.5. The Balaban J connectivity index is 1.32. The lowest BCUT2D eigenvalue weighted by Gasteiger charge is -2.39. The van der Waals surface area contributed by atoms with Gasteiger partial charge in [-0.15, -0.1) is 11.3 Å². The Morgan fingerprint density at radius 1 is 1.50 bits per heavy atom. The molecule has 0 unspecified atom stereocenters. The molecular formula is C19H25NO3S. The van der Waals surface area contributed by atoms with Crippen LogP contribution in [0.25, 0.3) is 6.08 Å². The van der Waals surface area contributed by atoms with Crippen molar-refractivity contribution >= 4 is 23.3 Å². The maximum absolute atomic E-state index is 12.5. The zero-order valence-electron chi connectivity index (χ0n) is 14.0. The summed E-state index contributed by atoms with van der Waals surface area (Å²) in [5.41, 5.74) is -0.182. The lowest BCUT2D eigenvalue weighted by molar-refractivity contribution is -0.133. The number of piperidine rings is 1. The smallest absolute Gasteiger partial charge is 0.246 e. The van der Waals surface area contributed by atoms with E-state index in [4.69, 9.17) is 9.47 Å². The van der Waals surface area contributed by atoms with Gasteiger partial charge in [0.05, 0.1) is 24.9 Å². The molecule has 2 atom stereocenters. The van der Waals surface area contributed by atoms with Crippen LogP contribution in [0.3, 0.4) is 0 Å². The van der Waals surface area contributed by atoms with Crippen molar-refractivity contribution in [2.75, 3.05) is 26.3 Å². The van der Waals surface area contributed by atoms with Gasteiger partial charge >= 0.3 is 0 Å². The first-order valence-corrected chi connectivity index (χ1v) is 9.86. The van der Waals surface area contributed by atoms with Gasteiger partial charge in [-0.1, -0.05) is 6.07 Å². The van der Waals surface area contributed by atoms with E-state index in [1.54, 1.807) is 17.4 Å². The Bertz CT molecular complexity index is 596. The first-order chi connectivity index (χ1) is 11.7. The van der Waals surface area contributed by atoms with Crippen molar-refractivity contribution in [3.8, 4) is 0 Å². The largest absolute Gasteiger partial charge is 0.375 e. The van der Waals surface area contributed by atoms with Crippen LogP contribution in [0.15, 0.2) is 23.6 Å². The van der Waals surface area contributed by atoms with Crippen LogP contribution in [0.4, 0.5) is 0 Å². The van der Waals surface area contributed by atoms with Gasteiger partial charge in [-0.25, -0.2) is 0 Å². The molecule has 4 nitrogen and oxygen atoms in total. The highest BCUT2D eigenvalue weighted by atomic mass is 32.1. The van der Waals surface area contributed by atoms with Gasteiger partial charge in [-0.05, 0) is 49.1 Å². The highest BCUT2D eigenvalue weighted by Gasteiger charge is 2.45. The Hall–Kier alpha value is -1.17. The lowest BCUT2D eigenvalue weighted by Crippen LogP contribution is -2.49. The van der Waals surface area contributed by atoms with Crippen LogP contribution in [0.5, 0.6) is 0 Å². The number of carbonyl (C=O) groups excluding carboxylic acids is 1. The second-order valence-corrected chi connectivity index (χ2v) is 8.29. The van der Waals surface area contributed by atoms with Gasteiger partial charge in [0.15, 0.2) is 0 Å². The lowest BCUT2D eigenvalue weighted by atomic mass is 9.89. The third-order valence-electron chi connectivity index (χ3n) is 5.22. The molecular weight excluding hydrogens is 322 g/mol. The molecule has 24 heavy (non-hydrogen) atoms. The summed E-state index contributed by atoms with van der Waals surface area (Å²) >= 11 is 1.64. The van der Waals surface area contributed by atoms with Crippen molar-refractivity contribution in [2.24, 2.45) is 5.92 Å². The molecule has 3 fully saturated rings. The van der Waals surface area contributed by atoms with Crippen LogP contribution in [0.1, 0.15) is 37.0 Å². The predicted molar refractivity (Wildman–Crippen MR) is 94.9 cm³/mol. The summed E-state index contributed by atoms with van der Waals surface area (Å²) < 4.78 is 12.1. The standard InChI is InChI=1S/C19H25NO3S/c21-18(7-6-17-3-1-10-24-17)20-9-2-8-19(14-20)11-16(13-23-19)22-12-15-4-5-15/h1,3,6-7,10,15-16H,2,4-5,8-9,11-14H2/b7-6+/t16-,19-/m0/s1. The third-order valence-corrected chi connectivity index (χ3v) is 6.06. The Labute approximate surface area is 147 Å². The minimum Gasteiger partial charge on any atom is -0.375 e. The Kier molecular flexibility index (Phi) is 4.74. The van der Waals surface area contributed by atoms with Gasteiger partial charge in [0.25, 0.3) is 0 Å². The van der Waals surface area contributed by atoms with Crippen molar-refractivity contribution in [1.82, 2.24) is 4.90 Å². The number of carbonyl (C=O) groups is 1. The molecule has 0 aromatic carbocycles. The molecule has 1 aromatic heterocycles. The quantitative estimate of drug-likeness (QED) is 0.767. The third kappa shape index (κ3) is 3.90. The van der Waals surface area contributed by atoms with Crippen molar-refractivity contribution < 1.29 is 14.3 Å². The highest BCUT2D eigenvalue weighted by Crippen LogP contribution is 2.37. The fraction of sp³-hybridized carbons (Fsp3) is 0.632. The van der Waals surface area contributed by atoms with Gasteiger partial charge in [-0.2, -0.15) is 0 Å². The molecule has 1 aliphatic carbocycles. The van der Waals surface area contributed by atoms with Crippen molar-refractivity contribution in [2.45, 2.75) is 43.8 Å². The highest BCUT2D eigenvalue weighted by molar-refractivity contribution is 7.10. The molecule has 3 aliphatic rings. The number of hydrogen-bond acceptors (Lipinski definition) is 4. The summed E-state index contributed by atoms with van der Waals surface area (Å²) in [6.45, 7) is 3.09. The van der Waals surface area contributed by atoms with Crippen molar-refractivity contribution in [1.29, 1.82) is 0 Å². The van der Waals surface area contributed by atoms with Crippen LogP contribution in [0, 0.1) is 5.92 Å². The topological polar surface area (TPSA) is 38.8 Å². The molecule has 1 saturated carbocycles. The van der Waals surface area contributed by atoms with E-state index >= 15 is 0 Å². The molecule has 0 bridgehead atoms. The summed E-state index contributed by atoms with van der Waals surface area (Å²) in [4.78, 5) is 15.5. The van der Waals surface area contributed by atoms with E-state index in [-0.39, 0.29) is 17.6 Å². The number of thiophene rings is 1. The SMILES string of the molecule is O=C(/C=C/c1cccs1)N1CCC[C@]2(C[C@H](OCC3CC3)CO2)C1. The minimum atomic E-state index is -0.182. The van der Waals surface area contributed by atoms with E-state index in [9.17, 15) is 4.79 Å². The molecule has 4 rings (SSSR count). The number of ether oxygens (including phenoxy) is 2. The molecule has 3 heterocycles. The van der Waals surface area contributed by atoms with Crippen LogP contribution >= 0.6 is 11.3 Å². The molecule has 1 aromatic rings. The van der Waals surface area contributed by atoms with Crippen LogP contribution in [-0.4, -0.2) is 48.8 Å². The average Bonchev–Trinajstić information content (AvgIpc) is 3.13. The molecule has 0 radical (unpaired) electrons. The summed E-state index contributed by atoms with van der Waals surface area (Å²) in [6, 6.07) is 4.02. The van der Waals surface area contributed by atoms with Crippen LogP contribution in [0.2, 0.25) is 0 Å². The van der Waals surface area contributed by atoms with Gasteiger partial charge in [0, 0.05) is 30.5 Å². The summed E-state index contributed by atoms with van der Waals surface area (Å²) in [6.07, 6.45) is 9.42. The minimum absolute atomic E-state index is 0.0911. The van der Waals surface area contributed by atoms with Crippen molar-refractivity contribution in [3.63, 3.8) is 0 Å². The number of amides is 1. The fourth-order valence-electron chi connectivity index (χ4n) is 3.68. The Morgan fingerprint density at radius 2 is 2.42 bits per heavy atom. The van der Waals surface area contributed by atoms with Gasteiger partial charge < -0.3 is 14.4 Å². The second-order valence-electron chi connectivity index (χ2n) is 7.31. The van der Waals surface area contributed by atoms with Crippen LogP contribution < -0.4 is 0 Å². The molecule has 2 aliphatic heterocycles. The number of rotatable bonds is 5. The zero-order valence-corrected chi connectivity index (χ0v) is 14.8. The summed E-state index contributed by atoms with van der Waals surface area (Å²) in [5, 5.41) is 2.02. The molecule has 0 N–H and O–H groups in total. The van der Waals surface area contributed by atoms with E-state index in [1.165, 1.54) is 12.8 Å². The average molecular weight is 347 g/mol. The Morgan fingerprint density at radius 3 is 3.21 bits per heavy atom. The van der Waals surface area contributed by atoms with Crippen LogP contribution in [-0.2, 0) is 14.3 Å². The van der Waals surface area contributed by atoms with E-state index in [0.717, 1.165) is 43.2 Å². The van der Waals surface area contributed by atoms with Crippen molar-refractivity contribution in [3.05, 3.63) is 28.5 Å². The van der Waals surface area contributed by atoms with Gasteiger partial charge in [0.1, 0.15) is 0 Å². The summed E-state index contributed by atoms with van der Waals surface area (Å²) in [5.74, 6) is 0.877. The maximum atomic E-state index is 12.5. The van der Waals surface area contributed by atoms with E-state index in [1.807, 2.05) is 28.5 Å². The first kappa shape index (κ1) is 16.3. The summed E-state index contributed by atoms with van der Waals surface area (Å²) in [7, 11) is 0. The predicted octanol–water partition coefficient (Wildman–Crippen LogP) is 3.34. The number of hydrogen-bond donors (Lipinski definition) is 0. The molecule has 1 spiro atoms. The molecule has 130 valence electrons. The number of likely N-dealkylation sites (tertiary alicyclic amines) is 1. The fourth-order valence-corrected chi connectivity index (χ4v) is 4.30. The second kappa shape index (κ2) is 6.98.